The van der Waals surface area contributed by atoms with Crippen molar-refractivity contribution in [1.82, 2.24) is 0 Å². The molecule has 0 amide bonds. The predicted octanol–water partition coefficient (Wildman–Crippen LogP) is 4.68. The molecule has 0 spiro atoms. The van der Waals surface area contributed by atoms with Gasteiger partial charge in [0.05, 0.1) is 0 Å². The van der Waals surface area contributed by atoms with Gasteiger partial charge in [-0.05, 0) is 35.9 Å². The first-order valence-electron chi connectivity index (χ1n) is 5.61. The molecular formula is C15H14ClNS. The second kappa shape index (κ2) is 6.10. The van der Waals surface area contributed by atoms with Gasteiger partial charge in [-0.25, -0.2) is 0 Å². The fourth-order valence-corrected chi connectivity index (χ4v) is 2.73. The molecule has 18 heavy (non-hydrogen) atoms. The lowest BCUT2D eigenvalue weighted by molar-refractivity contribution is 0.886. The molecule has 0 saturated carbocycles. The molecule has 1 nitrogen and oxygen atoms in total. The molecule has 0 fully saturated rings. The maximum Gasteiger partial charge on any atom is 0.0489 e. The van der Waals surface area contributed by atoms with Crippen LogP contribution in [0.4, 0.5) is 0 Å². The Labute approximate surface area is 117 Å². The Morgan fingerprint density at radius 1 is 1.11 bits per heavy atom. The minimum Gasteiger partial charge on any atom is -0.321 e. The first kappa shape index (κ1) is 13.2. The molecule has 92 valence electrons. The number of benzene rings is 2. The summed E-state index contributed by atoms with van der Waals surface area (Å²) in [7, 11) is 0. The highest BCUT2D eigenvalue weighted by atomic mass is 35.5. The summed E-state index contributed by atoms with van der Waals surface area (Å²) in [6.45, 7) is 3.75. The molecule has 0 heterocycles. The lowest BCUT2D eigenvalue weighted by atomic mass is 10.1. The van der Waals surface area contributed by atoms with Crippen molar-refractivity contribution in [2.24, 2.45) is 5.73 Å². The van der Waals surface area contributed by atoms with Gasteiger partial charge in [0, 0.05) is 20.9 Å². The maximum atomic E-state index is 6.02. The maximum absolute atomic E-state index is 6.02. The molecule has 0 aliphatic carbocycles. The summed E-state index contributed by atoms with van der Waals surface area (Å²) in [6, 6.07) is 15.7. The van der Waals surface area contributed by atoms with Gasteiger partial charge in [0.1, 0.15) is 0 Å². The average molecular weight is 276 g/mol. The van der Waals surface area contributed by atoms with E-state index < -0.39 is 0 Å². The van der Waals surface area contributed by atoms with Crippen LogP contribution in [0, 0.1) is 0 Å². The van der Waals surface area contributed by atoms with Crippen LogP contribution in [0.15, 0.2) is 71.0 Å². The molecule has 3 heteroatoms. The predicted molar refractivity (Wildman–Crippen MR) is 79.1 cm³/mol. The minimum atomic E-state index is -0.138. The first-order chi connectivity index (χ1) is 8.70. The normalized spacial score (nSPS) is 12.1. The largest absolute Gasteiger partial charge is 0.321 e. The lowest BCUT2D eigenvalue weighted by Gasteiger charge is -2.12. The van der Waals surface area contributed by atoms with Crippen molar-refractivity contribution < 1.29 is 0 Å². The zero-order valence-corrected chi connectivity index (χ0v) is 11.4. The zero-order chi connectivity index (χ0) is 13.0. The molecule has 2 N–H and O–H groups in total. The molecule has 0 unspecified atom stereocenters. The van der Waals surface area contributed by atoms with E-state index in [1.165, 1.54) is 0 Å². The fourth-order valence-electron chi connectivity index (χ4n) is 1.61. The van der Waals surface area contributed by atoms with Crippen molar-refractivity contribution in [3.8, 4) is 0 Å². The molecule has 0 saturated heterocycles. The summed E-state index contributed by atoms with van der Waals surface area (Å²) in [4.78, 5) is 2.29. The van der Waals surface area contributed by atoms with Crippen molar-refractivity contribution in [3.63, 3.8) is 0 Å². The van der Waals surface area contributed by atoms with E-state index in [0.717, 1.165) is 20.4 Å². The highest BCUT2D eigenvalue weighted by Gasteiger charge is 2.08. The Kier molecular flexibility index (Phi) is 4.48. The Bertz CT molecular complexity index is 536. The van der Waals surface area contributed by atoms with Crippen molar-refractivity contribution in [3.05, 3.63) is 71.8 Å². The van der Waals surface area contributed by atoms with E-state index in [9.17, 15) is 0 Å². The summed E-state index contributed by atoms with van der Waals surface area (Å²) in [5.74, 6) is 0. The van der Waals surface area contributed by atoms with Crippen LogP contribution in [0.2, 0.25) is 5.02 Å². The van der Waals surface area contributed by atoms with Gasteiger partial charge in [-0.15, -0.1) is 6.58 Å². The summed E-state index contributed by atoms with van der Waals surface area (Å²) in [5, 5.41) is 0.746. The average Bonchev–Trinajstić information content (AvgIpc) is 2.41. The van der Waals surface area contributed by atoms with Crippen molar-refractivity contribution in [2.75, 3.05) is 0 Å². The van der Waals surface area contributed by atoms with E-state index in [1.54, 1.807) is 17.8 Å². The first-order valence-corrected chi connectivity index (χ1v) is 6.80. The van der Waals surface area contributed by atoms with Gasteiger partial charge in [-0.3, -0.25) is 0 Å². The van der Waals surface area contributed by atoms with Crippen LogP contribution in [0.25, 0.3) is 0 Å². The number of nitrogens with two attached hydrogens (primary N) is 1. The van der Waals surface area contributed by atoms with Gasteiger partial charge in [0.2, 0.25) is 0 Å². The lowest BCUT2D eigenvalue weighted by Crippen LogP contribution is -2.07. The van der Waals surface area contributed by atoms with Crippen LogP contribution in [0.5, 0.6) is 0 Å². The molecule has 0 aliphatic rings. The molecule has 0 bridgehead atoms. The second-order valence-corrected chi connectivity index (χ2v) is 5.41. The fraction of sp³-hybridized carbons (Fsp3) is 0.0667. The molecule has 2 aromatic carbocycles. The second-order valence-electron chi connectivity index (χ2n) is 3.86. The number of hydrogen-bond donors (Lipinski definition) is 1. The van der Waals surface area contributed by atoms with Crippen LogP contribution in [-0.2, 0) is 0 Å². The van der Waals surface area contributed by atoms with Crippen LogP contribution >= 0.6 is 23.4 Å². The van der Waals surface area contributed by atoms with E-state index in [0.29, 0.717) is 0 Å². The SMILES string of the molecule is C=C[C@@H](N)c1ccccc1Sc1ccc(Cl)cc1. The van der Waals surface area contributed by atoms with E-state index in [-0.39, 0.29) is 6.04 Å². The molecule has 0 aromatic heterocycles. The molecule has 2 rings (SSSR count). The number of hydrogen-bond acceptors (Lipinski definition) is 2. The standard InChI is InChI=1S/C15H14ClNS/c1-2-14(17)13-5-3-4-6-15(13)18-12-9-7-11(16)8-10-12/h2-10,14H,1,17H2/t14-/m1/s1. The smallest absolute Gasteiger partial charge is 0.0489 e. The van der Waals surface area contributed by atoms with E-state index >= 15 is 0 Å². The molecule has 0 radical (unpaired) electrons. The van der Waals surface area contributed by atoms with Gasteiger partial charge in [-0.1, -0.05) is 47.6 Å². The number of halogens is 1. The highest BCUT2D eigenvalue weighted by Crippen LogP contribution is 2.33. The van der Waals surface area contributed by atoms with Gasteiger partial charge < -0.3 is 5.73 Å². The summed E-state index contributed by atoms with van der Waals surface area (Å²) in [5.41, 5.74) is 7.11. The van der Waals surface area contributed by atoms with E-state index in [4.69, 9.17) is 17.3 Å². The van der Waals surface area contributed by atoms with E-state index in [1.807, 2.05) is 42.5 Å². The van der Waals surface area contributed by atoms with Gasteiger partial charge in [-0.2, -0.15) is 0 Å². The Morgan fingerprint density at radius 3 is 2.44 bits per heavy atom. The summed E-state index contributed by atoms with van der Waals surface area (Å²) in [6.07, 6.45) is 1.75. The van der Waals surface area contributed by atoms with Crippen molar-refractivity contribution in [2.45, 2.75) is 15.8 Å². The summed E-state index contributed by atoms with van der Waals surface area (Å²) < 4.78 is 0. The summed E-state index contributed by atoms with van der Waals surface area (Å²) >= 11 is 7.56. The Balaban J connectivity index is 2.28. The zero-order valence-electron chi connectivity index (χ0n) is 9.84. The molecule has 2 aromatic rings. The number of rotatable bonds is 4. The van der Waals surface area contributed by atoms with E-state index in [2.05, 4.69) is 12.6 Å². The molecule has 1 atom stereocenters. The van der Waals surface area contributed by atoms with Crippen LogP contribution in [0.1, 0.15) is 11.6 Å². The van der Waals surface area contributed by atoms with Crippen LogP contribution < -0.4 is 5.73 Å². The quantitative estimate of drug-likeness (QED) is 0.820. The van der Waals surface area contributed by atoms with Crippen LogP contribution in [-0.4, -0.2) is 0 Å². The van der Waals surface area contributed by atoms with Crippen LogP contribution in [0.3, 0.4) is 0 Å². The molecule has 0 aliphatic heterocycles. The topological polar surface area (TPSA) is 26.0 Å². The molecular weight excluding hydrogens is 262 g/mol. The monoisotopic (exact) mass is 275 g/mol. The third-order valence-electron chi connectivity index (χ3n) is 2.57. The van der Waals surface area contributed by atoms with Gasteiger partial charge in [0.15, 0.2) is 0 Å². The third-order valence-corrected chi connectivity index (χ3v) is 3.93. The minimum absolute atomic E-state index is 0.138. The Morgan fingerprint density at radius 2 is 1.78 bits per heavy atom. The third kappa shape index (κ3) is 3.16. The Hall–Kier alpha value is -1.22. The van der Waals surface area contributed by atoms with Gasteiger partial charge in [0.25, 0.3) is 0 Å². The van der Waals surface area contributed by atoms with Gasteiger partial charge >= 0.3 is 0 Å². The van der Waals surface area contributed by atoms with Crippen molar-refractivity contribution in [1.29, 1.82) is 0 Å². The highest BCUT2D eigenvalue weighted by molar-refractivity contribution is 7.99. The van der Waals surface area contributed by atoms with Crippen molar-refractivity contribution >= 4 is 23.4 Å².